The molecule has 2 aromatic rings. The summed E-state index contributed by atoms with van der Waals surface area (Å²) in [5.41, 5.74) is 2.98. The van der Waals surface area contributed by atoms with E-state index >= 15 is 0 Å². The van der Waals surface area contributed by atoms with Crippen molar-refractivity contribution in [1.29, 1.82) is 0 Å². The molecule has 0 spiro atoms. The van der Waals surface area contributed by atoms with Crippen molar-refractivity contribution in [3.8, 4) is 11.1 Å². The van der Waals surface area contributed by atoms with E-state index in [0.717, 1.165) is 28.2 Å². The SMILES string of the molecule is CC.CC1CCO1.O=CN1CC(F)(F)C(NS)C1Cc1cccc(-c2ccccc2)c1. The number of ether oxygens (including phenoxy) is 1. The third-order valence-electron chi connectivity index (χ3n) is 5.34. The molecule has 7 heteroatoms. The molecule has 0 bridgehead atoms. The molecule has 4 nitrogen and oxygen atoms in total. The first kappa shape index (κ1) is 25.3. The van der Waals surface area contributed by atoms with Crippen LogP contribution in [0.3, 0.4) is 0 Å². The second kappa shape index (κ2) is 12.2. The number of hydrogen-bond acceptors (Lipinski definition) is 4. The number of carbonyl (C=O) groups is 1. The molecule has 2 fully saturated rings. The summed E-state index contributed by atoms with van der Waals surface area (Å²) in [6.45, 7) is 6.49. The van der Waals surface area contributed by atoms with Gasteiger partial charge in [-0.15, -0.1) is 0 Å². The Labute approximate surface area is 189 Å². The van der Waals surface area contributed by atoms with E-state index in [-0.39, 0.29) is 0 Å². The lowest BCUT2D eigenvalue weighted by molar-refractivity contribution is -0.120. The van der Waals surface area contributed by atoms with Gasteiger partial charge in [0.05, 0.1) is 18.7 Å². The zero-order valence-corrected chi connectivity index (χ0v) is 19.2. The molecule has 170 valence electrons. The predicted octanol–water partition coefficient (Wildman–Crippen LogP) is 5.00. The standard InChI is InChI=1S/C18H18F2N2OS.C4H8O.C2H6/c19-18(20)11-22(12-23)16(17(18)21-24)10-13-5-4-8-15(9-13)14-6-2-1-3-7-14;1-4-2-3-5-4;1-2/h1-9,12,16-17,21,24H,10-11H2;4H,2-3H2,1H3;1-2H3. The number of nitrogens with zero attached hydrogens (tertiary/aromatic N) is 1. The van der Waals surface area contributed by atoms with E-state index in [1.54, 1.807) is 0 Å². The molecule has 1 N–H and O–H groups in total. The highest BCUT2D eigenvalue weighted by Crippen LogP contribution is 2.34. The number of thiol groups is 1. The van der Waals surface area contributed by atoms with Crippen molar-refractivity contribution < 1.29 is 18.3 Å². The Morgan fingerprint density at radius 2 is 1.77 bits per heavy atom. The van der Waals surface area contributed by atoms with Crippen LogP contribution >= 0.6 is 12.8 Å². The van der Waals surface area contributed by atoms with Gasteiger partial charge in [-0.25, -0.2) is 8.78 Å². The van der Waals surface area contributed by atoms with Gasteiger partial charge >= 0.3 is 0 Å². The molecular formula is C24H32F2N2O2S. The summed E-state index contributed by atoms with van der Waals surface area (Å²) < 4.78 is 35.4. The van der Waals surface area contributed by atoms with Gasteiger partial charge in [0.15, 0.2) is 0 Å². The first-order valence-electron chi connectivity index (χ1n) is 10.7. The topological polar surface area (TPSA) is 41.6 Å². The van der Waals surface area contributed by atoms with Crippen LogP contribution in [0.25, 0.3) is 11.1 Å². The lowest BCUT2D eigenvalue weighted by atomic mass is 9.96. The number of nitrogens with one attached hydrogen (secondary N) is 1. The van der Waals surface area contributed by atoms with Gasteiger partial charge in [-0.1, -0.05) is 81.3 Å². The fourth-order valence-corrected chi connectivity index (χ4v) is 3.93. The molecule has 0 radical (unpaired) electrons. The first-order chi connectivity index (χ1) is 14.9. The third kappa shape index (κ3) is 6.76. The Balaban J connectivity index is 0.000000420. The van der Waals surface area contributed by atoms with Crippen molar-refractivity contribution in [3.63, 3.8) is 0 Å². The van der Waals surface area contributed by atoms with Crippen molar-refractivity contribution >= 4 is 19.2 Å². The summed E-state index contributed by atoms with van der Waals surface area (Å²) in [5.74, 6) is -3.00. The van der Waals surface area contributed by atoms with Crippen molar-refractivity contribution in [1.82, 2.24) is 9.62 Å². The molecule has 0 aromatic heterocycles. The lowest BCUT2D eigenvalue weighted by Gasteiger charge is -2.25. The number of likely N-dealkylation sites (tertiary alicyclic amines) is 1. The van der Waals surface area contributed by atoms with Crippen LogP contribution in [0.15, 0.2) is 54.6 Å². The molecule has 4 rings (SSSR count). The molecule has 2 heterocycles. The Morgan fingerprint density at radius 3 is 2.29 bits per heavy atom. The Kier molecular flexibility index (Phi) is 9.93. The van der Waals surface area contributed by atoms with E-state index < -0.39 is 24.6 Å². The molecule has 0 aliphatic carbocycles. The van der Waals surface area contributed by atoms with Crippen LogP contribution in [0, 0.1) is 0 Å². The van der Waals surface area contributed by atoms with E-state index in [1.807, 2.05) is 68.4 Å². The van der Waals surface area contributed by atoms with Crippen LogP contribution in [0.4, 0.5) is 8.78 Å². The van der Waals surface area contributed by atoms with Gasteiger partial charge in [0.2, 0.25) is 6.41 Å². The Morgan fingerprint density at radius 1 is 1.16 bits per heavy atom. The molecule has 2 aliphatic heterocycles. The minimum atomic E-state index is -3.00. The Hall–Kier alpha value is -1.96. The zero-order valence-electron chi connectivity index (χ0n) is 18.3. The van der Waals surface area contributed by atoms with Gasteiger partial charge in [0, 0.05) is 6.61 Å². The molecule has 2 saturated heterocycles. The maximum absolute atomic E-state index is 14.0. The average molecular weight is 451 g/mol. The molecular weight excluding hydrogens is 418 g/mol. The van der Waals surface area contributed by atoms with Crippen molar-refractivity contribution in [3.05, 3.63) is 60.2 Å². The minimum absolute atomic E-state index is 0.341. The molecule has 1 amide bonds. The van der Waals surface area contributed by atoms with Crippen LogP contribution < -0.4 is 4.72 Å². The highest BCUT2D eigenvalue weighted by atomic mass is 32.1. The predicted molar refractivity (Wildman–Crippen MR) is 124 cm³/mol. The minimum Gasteiger partial charge on any atom is -0.378 e. The van der Waals surface area contributed by atoms with Crippen molar-refractivity contribution in [2.24, 2.45) is 0 Å². The average Bonchev–Trinajstić information content (AvgIpc) is 3.03. The maximum atomic E-state index is 14.0. The van der Waals surface area contributed by atoms with E-state index in [0.29, 0.717) is 18.9 Å². The summed E-state index contributed by atoms with van der Waals surface area (Å²) in [4.78, 5) is 12.3. The van der Waals surface area contributed by atoms with Gasteiger partial charge in [-0.2, -0.15) is 0 Å². The number of halogens is 2. The van der Waals surface area contributed by atoms with Crippen LogP contribution in [0.1, 0.15) is 32.8 Å². The first-order valence-corrected chi connectivity index (χ1v) is 11.1. The highest BCUT2D eigenvalue weighted by Gasteiger charge is 2.53. The summed E-state index contributed by atoms with van der Waals surface area (Å²) in [7, 11) is 0. The van der Waals surface area contributed by atoms with Gasteiger partial charge in [0.25, 0.3) is 5.92 Å². The van der Waals surface area contributed by atoms with Crippen LogP contribution in [0.5, 0.6) is 0 Å². The number of benzene rings is 2. The van der Waals surface area contributed by atoms with Crippen molar-refractivity contribution in [2.45, 2.75) is 57.7 Å². The summed E-state index contributed by atoms with van der Waals surface area (Å²) >= 11 is 3.84. The van der Waals surface area contributed by atoms with E-state index in [1.165, 1.54) is 6.42 Å². The summed E-state index contributed by atoms with van der Waals surface area (Å²) in [6.07, 6.45) is 2.66. The van der Waals surface area contributed by atoms with Gasteiger partial charge < -0.3 is 9.64 Å². The lowest BCUT2D eigenvalue weighted by Crippen LogP contribution is -2.46. The molecule has 3 unspecified atom stereocenters. The van der Waals surface area contributed by atoms with Gasteiger partial charge in [-0.05, 0) is 36.5 Å². The second-order valence-electron chi connectivity index (χ2n) is 7.45. The van der Waals surface area contributed by atoms with Gasteiger partial charge in [0.1, 0.15) is 6.04 Å². The number of carbonyl (C=O) groups excluding carboxylic acids is 1. The van der Waals surface area contributed by atoms with E-state index in [4.69, 9.17) is 4.74 Å². The fraction of sp³-hybridized carbons (Fsp3) is 0.458. The number of rotatable bonds is 5. The Bertz CT molecular complexity index is 803. The van der Waals surface area contributed by atoms with Crippen molar-refractivity contribution in [2.75, 3.05) is 13.2 Å². The third-order valence-corrected chi connectivity index (χ3v) is 5.62. The molecule has 2 aromatic carbocycles. The summed E-state index contributed by atoms with van der Waals surface area (Å²) in [5, 5.41) is 0. The largest absolute Gasteiger partial charge is 0.378 e. The molecule has 2 aliphatic rings. The number of amides is 1. The quantitative estimate of drug-likeness (QED) is 0.498. The van der Waals surface area contributed by atoms with Gasteiger partial charge in [-0.3, -0.25) is 9.52 Å². The van der Waals surface area contributed by atoms with Crippen LogP contribution in [-0.4, -0.2) is 48.6 Å². The molecule has 3 atom stereocenters. The van der Waals surface area contributed by atoms with E-state index in [2.05, 4.69) is 24.5 Å². The molecule has 0 saturated carbocycles. The summed E-state index contributed by atoms with van der Waals surface area (Å²) in [6, 6.07) is 15.8. The monoisotopic (exact) mass is 450 g/mol. The smallest absolute Gasteiger partial charge is 0.283 e. The highest BCUT2D eigenvalue weighted by molar-refractivity contribution is 7.78. The van der Waals surface area contributed by atoms with Crippen LogP contribution in [0.2, 0.25) is 0 Å². The maximum Gasteiger partial charge on any atom is 0.283 e. The number of alkyl halides is 2. The number of hydrogen-bond donors (Lipinski definition) is 2. The second-order valence-corrected chi connectivity index (χ2v) is 7.71. The zero-order chi connectivity index (χ0) is 22.9. The molecule has 31 heavy (non-hydrogen) atoms. The van der Waals surface area contributed by atoms with Crippen LogP contribution in [-0.2, 0) is 16.0 Å². The van der Waals surface area contributed by atoms with E-state index in [9.17, 15) is 13.6 Å². The fourth-order valence-electron chi connectivity index (χ4n) is 3.57. The normalized spacial score (nSPS) is 23.5.